The van der Waals surface area contributed by atoms with Crippen LogP contribution < -0.4 is 10.1 Å². The van der Waals surface area contributed by atoms with Crippen LogP contribution in [0.1, 0.15) is 49.9 Å². The molecule has 174 valence electrons. The largest absolute Gasteiger partial charge is 0.496 e. The van der Waals surface area contributed by atoms with E-state index in [1.807, 2.05) is 27.0 Å². The Labute approximate surface area is 183 Å². The zero-order valence-electron chi connectivity index (χ0n) is 19.1. The molecule has 2 saturated heterocycles. The van der Waals surface area contributed by atoms with Crippen molar-refractivity contribution < 1.29 is 29.3 Å². The van der Waals surface area contributed by atoms with Gasteiger partial charge in [0.15, 0.2) is 0 Å². The van der Waals surface area contributed by atoms with E-state index < -0.39 is 17.2 Å². The van der Waals surface area contributed by atoms with Crippen molar-refractivity contribution >= 4 is 12.4 Å². The molecule has 9 heteroatoms. The van der Waals surface area contributed by atoms with Crippen molar-refractivity contribution in [2.75, 3.05) is 26.8 Å². The lowest BCUT2D eigenvalue weighted by molar-refractivity contribution is -0.208. The van der Waals surface area contributed by atoms with Crippen LogP contribution in [-0.2, 0) is 20.9 Å². The second-order valence-electron chi connectivity index (χ2n) is 8.59. The Kier molecular flexibility index (Phi) is 8.39. The van der Waals surface area contributed by atoms with Crippen molar-refractivity contribution in [3.05, 3.63) is 23.0 Å². The third kappa shape index (κ3) is 5.53. The summed E-state index contributed by atoms with van der Waals surface area (Å²) in [4.78, 5) is 26.9. The Bertz CT molecular complexity index is 779. The average molecular weight is 438 g/mol. The van der Waals surface area contributed by atoms with E-state index in [2.05, 4.69) is 15.2 Å². The monoisotopic (exact) mass is 437 g/mol. The van der Waals surface area contributed by atoms with E-state index in [0.29, 0.717) is 13.0 Å². The zero-order chi connectivity index (χ0) is 23.2. The van der Waals surface area contributed by atoms with Crippen LogP contribution in [-0.4, -0.2) is 76.5 Å². The number of aliphatic hydroxyl groups excluding tert-OH is 1. The highest BCUT2D eigenvalue weighted by Crippen LogP contribution is 2.40. The van der Waals surface area contributed by atoms with Crippen molar-refractivity contribution in [1.29, 1.82) is 0 Å². The third-order valence-corrected chi connectivity index (χ3v) is 6.40. The number of pyridine rings is 1. The topological polar surface area (TPSA) is 121 Å². The van der Waals surface area contributed by atoms with Gasteiger partial charge in [-0.15, -0.1) is 0 Å². The highest BCUT2D eigenvalue weighted by Gasteiger charge is 2.53. The van der Waals surface area contributed by atoms with Crippen molar-refractivity contribution in [2.24, 2.45) is 0 Å². The Hall–Kier alpha value is -2.23. The molecule has 31 heavy (non-hydrogen) atoms. The number of hydrogen-bond acceptors (Lipinski definition) is 7. The van der Waals surface area contributed by atoms with Crippen molar-refractivity contribution in [3.63, 3.8) is 0 Å². The van der Waals surface area contributed by atoms with Gasteiger partial charge >= 0.3 is 0 Å². The number of methoxy groups -OCH3 is 1. The van der Waals surface area contributed by atoms with Gasteiger partial charge in [0, 0.05) is 50.5 Å². The highest BCUT2D eigenvalue weighted by molar-refractivity contribution is 5.74. The number of aromatic nitrogens is 1. The second-order valence-corrected chi connectivity index (χ2v) is 8.59. The number of aliphatic hydroxyl groups is 1. The summed E-state index contributed by atoms with van der Waals surface area (Å²) in [5.74, 6) is 0.779. The number of carbonyl (C=O) groups is 2. The quantitative estimate of drug-likeness (QED) is 0.605. The van der Waals surface area contributed by atoms with Crippen LogP contribution in [0.5, 0.6) is 5.75 Å². The molecular formula is C22H35N3O6. The Morgan fingerprint density at radius 2 is 2.00 bits per heavy atom. The van der Waals surface area contributed by atoms with E-state index in [0.717, 1.165) is 55.0 Å². The van der Waals surface area contributed by atoms with E-state index in [4.69, 9.17) is 19.4 Å². The van der Waals surface area contributed by atoms with Gasteiger partial charge in [-0.3, -0.25) is 19.5 Å². The summed E-state index contributed by atoms with van der Waals surface area (Å²) < 4.78 is 11.6. The molecule has 2 aliphatic rings. The Morgan fingerprint density at radius 3 is 2.55 bits per heavy atom. The first-order chi connectivity index (χ1) is 14.6. The molecule has 0 saturated carbocycles. The maximum absolute atomic E-state index is 11.6. The lowest BCUT2D eigenvalue weighted by Gasteiger charge is -2.53. The van der Waals surface area contributed by atoms with Crippen LogP contribution in [0.2, 0.25) is 0 Å². The molecule has 3 N–H and O–H groups in total. The zero-order valence-corrected chi connectivity index (χ0v) is 19.1. The molecule has 2 fully saturated rings. The summed E-state index contributed by atoms with van der Waals surface area (Å²) >= 11 is 0. The van der Waals surface area contributed by atoms with Crippen LogP contribution in [0.4, 0.5) is 0 Å². The number of carboxylic acid groups (broad SMARTS) is 1. The summed E-state index contributed by atoms with van der Waals surface area (Å²) in [6.45, 7) is 10.1. The van der Waals surface area contributed by atoms with Crippen LogP contribution in [0.3, 0.4) is 0 Å². The summed E-state index contributed by atoms with van der Waals surface area (Å²) in [5, 5.41) is 20.9. The predicted molar refractivity (Wildman–Crippen MR) is 115 cm³/mol. The molecule has 1 aromatic rings. The maximum atomic E-state index is 11.6. The van der Waals surface area contributed by atoms with Crippen molar-refractivity contribution in [2.45, 2.75) is 70.7 Å². The molecule has 2 atom stereocenters. The molecule has 1 aromatic heterocycles. The van der Waals surface area contributed by atoms with Crippen LogP contribution in [0, 0.1) is 13.8 Å². The molecule has 0 aliphatic carbocycles. The molecule has 3 heterocycles. The first kappa shape index (κ1) is 25.0. The third-order valence-electron chi connectivity index (χ3n) is 6.40. The SMILES string of the molecule is COc1c(C)cnc(CN2CCC3(CC2)OCC[C@@](C)(NC(C)=O)[C@@H]3O)c1C.O=CO. The lowest BCUT2D eigenvalue weighted by atomic mass is 9.73. The summed E-state index contributed by atoms with van der Waals surface area (Å²) in [6.07, 6.45) is 3.21. The number of ether oxygens (including phenoxy) is 2. The minimum Gasteiger partial charge on any atom is -0.496 e. The van der Waals surface area contributed by atoms with Gasteiger partial charge < -0.3 is 25.0 Å². The number of nitrogens with one attached hydrogen (secondary N) is 1. The summed E-state index contributed by atoms with van der Waals surface area (Å²) in [6, 6.07) is 0. The minimum absolute atomic E-state index is 0.120. The summed E-state index contributed by atoms with van der Waals surface area (Å²) in [5.41, 5.74) is 1.90. The number of amides is 1. The molecule has 0 aromatic carbocycles. The number of rotatable bonds is 4. The molecule has 9 nitrogen and oxygen atoms in total. The van der Waals surface area contributed by atoms with E-state index in [1.54, 1.807) is 7.11 Å². The predicted octanol–water partition coefficient (Wildman–Crippen LogP) is 1.42. The van der Waals surface area contributed by atoms with Gasteiger partial charge in [0.1, 0.15) is 11.9 Å². The van der Waals surface area contributed by atoms with E-state index in [9.17, 15) is 9.90 Å². The van der Waals surface area contributed by atoms with Gasteiger partial charge in [-0.25, -0.2) is 0 Å². The molecular weight excluding hydrogens is 402 g/mol. The van der Waals surface area contributed by atoms with Gasteiger partial charge in [-0.2, -0.15) is 0 Å². The van der Waals surface area contributed by atoms with Crippen LogP contribution >= 0.6 is 0 Å². The number of hydrogen-bond donors (Lipinski definition) is 3. The fraction of sp³-hybridized carbons (Fsp3) is 0.682. The Morgan fingerprint density at radius 1 is 1.39 bits per heavy atom. The number of likely N-dealkylation sites (tertiary alicyclic amines) is 1. The standard InChI is InChI=1S/C21H33N3O4.CH2O2/c1-14-12-22-17(15(2)18(14)27-5)13-24-9-6-21(7-10-24)19(26)20(4,8-11-28-21)23-16(3)25;2-1-3/h12,19,26H,6-11,13H2,1-5H3,(H,23,25);1H,(H,2,3)/t19-,20+;/m0./s1. The second kappa shape index (κ2) is 10.4. The van der Waals surface area contributed by atoms with Crippen LogP contribution in [0.25, 0.3) is 0 Å². The molecule has 3 rings (SSSR count). The first-order valence-corrected chi connectivity index (χ1v) is 10.5. The fourth-order valence-electron chi connectivity index (χ4n) is 4.75. The smallest absolute Gasteiger partial charge is 0.290 e. The first-order valence-electron chi connectivity index (χ1n) is 10.5. The number of carbonyl (C=O) groups excluding carboxylic acids is 1. The number of aryl methyl sites for hydroxylation is 1. The van der Waals surface area contributed by atoms with Gasteiger partial charge in [0.05, 0.1) is 23.9 Å². The van der Waals surface area contributed by atoms with E-state index in [1.165, 1.54) is 6.92 Å². The van der Waals surface area contributed by atoms with Gasteiger partial charge in [-0.1, -0.05) is 0 Å². The normalized spacial score (nSPS) is 25.3. The summed E-state index contributed by atoms with van der Waals surface area (Å²) in [7, 11) is 1.69. The van der Waals surface area contributed by atoms with E-state index in [-0.39, 0.29) is 12.4 Å². The van der Waals surface area contributed by atoms with Crippen molar-refractivity contribution in [3.8, 4) is 5.75 Å². The van der Waals surface area contributed by atoms with Gasteiger partial charge in [0.2, 0.25) is 5.91 Å². The average Bonchev–Trinajstić information content (AvgIpc) is 2.70. The van der Waals surface area contributed by atoms with Gasteiger partial charge in [0.25, 0.3) is 6.47 Å². The molecule has 1 spiro atoms. The molecule has 0 radical (unpaired) electrons. The van der Waals surface area contributed by atoms with Gasteiger partial charge in [-0.05, 0) is 40.0 Å². The number of piperidine rings is 1. The molecule has 1 amide bonds. The molecule has 0 bridgehead atoms. The number of nitrogens with zero attached hydrogens (tertiary/aromatic N) is 2. The maximum Gasteiger partial charge on any atom is 0.290 e. The molecule has 2 aliphatic heterocycles. The highest BCUT2D eigenvalue weighted by atomic mass is 16.5. The molecule has 0 unspecified atom stereocenters. The fourth-order valence-corrected chi connectivity index (χ4v) is 4.75. The Balaban J connectivity index is 0.00000107. The minimum atomic E-state index is -0.723. The van der Waals surface area contributed by atoms with Crippen LogP contribution in [0.15, 0.2) is 6.20 Å². The van der Waals surface area contributed by atoms with E-state index >= 15 is 0 Å². The lowest BCUT2D eigenvalue weighted by Crippen LogP contribution is -2.69. The van der Waals surface area contributed by atoms with Crippen molar-refractivity contribution in [1.82, 2.24) is 15.2 Å².